The summed E-state index contributed by atoms with van der Waals surface area (Å²) in [6, 6.07) is 10.5. The first kappa shape index (κ1) is 19.7. The largest absolute Gasteiger partial charge is 0.506 e. The van der Waals surface area contributed by atoms with Gasteiger partial charge in [-0.05, 0) is 48.2 Å². The number of urea groups is 1. The third kappa shape index (κ3) is 6.37. The van der Waals surface area contributed by atoms with Crippen LogP contribution in [0.5, 0.6) is 5.75 Å². The highest BCUT2D eigenvalue weighted by molar-refractivity contribution is 5.91. The number of nitrogens with one attached hydrogen (secondary N) is 2. The molecule has 0 aliphatic rings. The lowest BCUT2D eigenvalue weighted by Crippen LogP contribution is -2.30. The average Bonchev–Trinajstić information content (AvgIpc) is 2.63. The predicted octanol–water partition coefficient (Wildman–Crippen LogP) is 4.53. The highest BCUT2D eigenvalue weighted by atomic mass is 19.1. The van der Waals surface area contributed by atoms with Gasteiger partial charge < -0.3 is 20.5 Å². The molecule has 0 heterocycles. The Balaban J connectivity index is 1.80. The van der Waals surface area contributed by atoms with Crippen molar-refractivity contribution in [3.8, 4) is 16.9 Å². The summed E-state index contributed by atoms with van der Waals surface area (Å²) >= 11 is 0. The van der Waals surface area contributed by atoms with Crippen LogP contribution >= 0.6 is 0 Å². The molecule has 0 unspecified atom stereocenters. The Bertz CT molecular complexity index is 705. The summed E-state index contributed by atoms with van der Waals surface area (Å²) in [6.07, 6.45) is 2.87. The van der Waals surface area contributed by atoms with Crippen LogP contribution in [0, 0.1) is 5.82 Å². The van der Waals surface area contributed by atoms with Gasteiger partial charge in [-0.1, -0.05) is 31.5 Å². The number of phenols is 1. The van der Waals surface area contributed by atoms with Crippen LogP contribution in [0.3, 0.4) is 0 Å². The molecule has 0 saturated carbocycles. The van der Waals surface area contributed by atoms with Gasteiger partial charge in [0.2, 0.25) is 0 Å². The fraction of sp³-hybridized carbons (Fsp3) is 0.350. The van der Waals surface area contributed by atoms with Crippen molar-refractivity contribution in [2.24, 2.45) is 0 Å². The van der Waals surface area contributed by atoms with Crippen LogP contribution < -0.4 is 10.6 Å². The van der Waals surface area contributed by atoms with Gasteiger partial charge in [0.1, 0.15) is 11.6 Å². The van der Waals surface area contributed by atoms with Gasteiger partial charge in [-0.15, -0.1) is 0 Å². The lowest BCUT2D eigenvalue weighted by molar-refractivity contribution is 0.129. The van der Waals surface area contributed by atoms with E-state index < -0.39 is 0 Å². The van der Waals surface area contributed by atoms with Gasteiger partial charge in [-0.25, -0.2) is 9.18 Å². The van der Waals surface area contributed by atoms with Crippen LogP contribution in [0.15, 0.2) is 42.5 Å². The van der Waals surface area contributed by atoms with Crippen LogP contribution in [0.4, 0.5) is 14.9 Å². The van der Waals surface area contributed by atoms with Gasteiger partial charge >= 0.3 is 6.03 Å². The van der Waals surface area contributed by atoms with Crippen molar-refractivity contribution in [1.29, 1.82) is 0 Å². The fourth-order valence-corrected chi connectivity index (χ4v) is 2.35. The Kier molecular flexibility index (Phi) is 7.89. The predicted molar refractivity (Wildman–Crippen MR) is 101 cm³/mol. The number of ether oxygens (including phenoxy) is 1. The summed E-state index contributed by atoms with van der Waals surface area (Å²) in [5, 5.41) is 15.4. The van der Waals surface area contributed by atoms with Gasteiger partial charge in [0, 0.05) is 19.8 Å². The molecule has 0 bridgehead atoms. The molecule has 0 spiro atoms. The standard InChI is InChI=1S/C20H25FN2O3/c1-2-3-12-26-13-4-11-22-20(25)23-18-10-7-16(14-19(18)24)15-5-8-17(21)9-6-15/h5-10,14,24H,2-4,11-13H2,1H3,(H2,22,23,25). The van der Waals surface area contributed by atoms with E-state index in [1.807, 2.05) is 0 Å². The van der Waals surface area contributed by atoms with Gasteiger partial charge in [0.25, 0.3) is 0 Å². The molecule has 140 valence electrons. The number of rotatable bonds is 9. The van der Waals surface area contributed by atoms with E-state index in [2.05, 4.69) is 17.6 Å². The van der Waals surface area contributed by atoms with Gasteiger partial charge in [0.15, 0.2) is 0 Å². The molecular weight excluding hydrogens is 335 g/mol. The van der Waals surface area contributed by atoms with Crippen molar-refractivity contribution in [3.63, 3.8) is 0 Å². The van der Waals surface area contributed by atoms with Crippen LogP contribution in [-0.2, 0) is 4.74 Å². The van der Waals surface area contributed by atoms with Crippen molar-refractivity contribution in [3.05, 3.63) is 48.3 Å². The molecule has 2 rings (SSSR count). The van der Waals surface area contributed by atoms with Gasteiger partial charge in [0.05, 0.1) is 5.69 Å². The highest BCUT2D eigenvalue weighted by Crippen LogP contribution is 2.29. The van der Waals surface area contributed by atoms with E-state index >= 15 is 0 Å². The maximum Gasteiger partial charge on any atom is 0.319 e. The molecule has 0 aromatic heterocycles. The molecule has 6 heteroatoms. The Morgan fingerprint density at radius 1 is 1.08 bits per heavy atom. The van der Waals surface area contributed by atoms with Crippen molar-refractivity contribution < 1.29 is 19.0 Å². The number of amides is 2. The SMILES string of the molecule is CCCCOCCCNC(=O)Nc1ccc(-c2ccc(F)cc2)cc1O. The Hall–Kier alpha value is -2.60. The van der Waals surface area contributed by atoms with Crippen molar-refractivity contribution in [1.82, 2.24) is 5.32 Å². The number of carbonyl (C=O) groups is 1. The number of aromatic hydroxyl groups is 1. The molecule has 0 fully saturated rings. The summed E-state index contributed by atoms with van der Waals surface area (Å²) in [5.74, 6) is -0.367. The number of halogens is 1. The minimum atomic E-state index is -0.386. The van der Waals surface area contributed by atoms with E-state index in [4.69, 9.17) is 4.74 Å². The Labute approximate surface area is 153 Å². The lowest BCUT2D eigenvalue weighted by atomic mass is 10.0. The van der Waals surface area contributed by atoms with E-state index in [1.54, 1.807) is 24.3 Å². The molecule has 0 atom stereocenters. The van der Waals surface area contributed by atoms with E-state index in [0.29, 0.717) is 18.8 Å². The number of phenolic OH excluding ortho intramolecular Hbond substituents is 1. The van der Waals surface area contributed by atoms with Gasteiger partial charge in [-0.3, -0.25) is 0 Å². The molecule has 2 aromatic carbocycles. The number of hydrogen-bond donors (Lipinski definition) is 3. The molecule has 5 nitrogen and oxygen atoms in total. The summed E-state index contributed by atoms with van der Waals surface area (Å²) < 4.78 is 18.4. The molecule has 0 aliphatic heterocycles. The van der Waals surface area contributed by atoms with Crippen molar-refractivity contribution in [2.45, 2.75) is 26.2 Å². The molecule has 2 aromatic rings. The minimum Gasteiger partial charge on any atom is -0.506 e. The normalized spacial score (nSPS) is 10.5. The van der Waals surface area contributed by atoms with E-state index in [0.717, 1.165) is 37.0 Å². The fourth-order valence-electron chi connectivity index (χ4n) is 2.35. The molecule has 0 saturated heterocycles. The van der Waals surface area contributed by atoms with Crippen molar-refractivity contribution >= 4 is 11.7 Å². The lowest BCUT2D eigenvalue weighted by Gasteiger charge is -2.11. The maximum absolute atomic E-state index is 13.0. The number of anilines is 1. The monoisotopic (exact) mass is 360 g/mol. The average molecular weight is 360 g/mol. The number of unbranched alkanes of at least 4 members (excludes halogenated alkanes) is 1. The zero-order valence-electron chi connectivity index (χ0n) is 14.9. The first-order valence-electron chi connectivity index (χ1n) is 8.81. The van der Waals surface area contributed by atoms with Crippen LogP contribution in [0.25, 0.3) is 11.1 Å². The maximum atomic E-state index is 13.0. The topological polar surface area (TPSA) is 70.6 Å². The van der Waals surface area contributed by atoms with Crippen molar-refractivity contribution in [2.75, 3.05) is 25.1 Å². The van der Waals surface area contributed by atoms with E-state index in [1.165, 1.54) is 18.2 Å². The Morgan fingerprint density at radius 3 is 2.46 bits per heavy atom. The molecule has 2 amide bonds. The summed E-state index contributed by atoms with van der Waals surface area (Å²) in [6.45, 7) is 3.96. The third-order valence-corrected chi connectivity index (χ3v) is 3.82. The van der Waals surface area contributed by atoms with Crippen LogP contribution in [-0.4, -0.2) is 30.9 Å². The zero-order valence-corrected chi connectivity index (χ0v) is 14.9. The first-order chi connectivity index (χ1) is 12.6. The van der Waals surface area contributed by atoms with Gasteiger partial charge in [-0.2, -0.15) is 0 Å². The molecule has 3 N–H and O–H groups in total. The van der Waals surface area contributed by atoms with E-state index in [9.17, 15) is 14.3 Å². The second-order valence-electron chi connectivity index (χ2n) is 5.94. The van der Waals surface area contributed by atoms with E-state index in [-0.39, 0.29) is 17.6 Å². The summed E-state index contributed by atoms with van der Waals surface area (Å²) in [4.78, 5) is 11.9. The van der Waals surface area contributed by atoms with Crippen LogP contribution in [0.1, 0.15) is 26.2 Å². The summed E-state index contributed by atoms with van der Waals surface area (Å²) in [5.41, 5.74) is 1.83. The minimum absolute atomic E-state index is 0.0510. The first-order valence-corrected chi connectivity index (χ1v) is 8.81. The second-order valence-corrected chi connectivity index (χ2v) is 5.94. The quantitative estimate of drug-likeness (QED) is 0.455. The molecule has 26 heavy (non-hydrogen) atoms. The second kappa shape index (κ2) is 10.4. The highest BCUT2D eigenvalue weighted by Gasteiger charge is 2.08. The number of benzene rings is 2. The summed E-state index contributed by atoms with van der Waals surface area (Å²) in [7, 11) is 0. The Morgan fingerprint density at radius 2 is 1.77 bits per heavy atom. The molecular formula is C20H25FN2O3. The number of hydrogen-bond acceptors (Lipinski definition) is 3. The van der Waals surface area contributed by atoms with Crippen LogP contribution in [0.2, 0.25) is 0 Å². The molecule has 0 radical (unpaired) electrons. The number of carbonyl (C=O) groups excluding carboxylic acids is 1. The smallest absolute Gasteiger partial charge is 0.319 e. The third-order valence-electron chi connectivity index (χ3n) is 3.82. The molecule has 0 aliphatic carbocycles. The zero-order chi connectivity index (χ0) is 18.8.